The van der Waals surface area contributed by atoms with Crippen LogP contribution in [0, 0.1) is 13.8 Å². The van der Waals surface area contributed by atoms with Crippen LogP contribution in [-0.2, 0) is 0 Å². The highest BCUT2D eigenvalue weighted by atomic mass is 16.3. The van der Waals surface area contributed by atoms with E-state index in [0.717, 1.165) is 37.1 Å². The standard InChI is InChI=1S/C13H23N5O/c1-8-12(15-9(2)16-13(8)18-14)17-10-6-4-3-5-7-11(10)19/h10-11,19H,3-7,14H2,1-2H3,(H2,15,16,17,18). The van der Waals surface area contributed by atoms with Crippen molar-refractivity contribution in [3.8, 4) is 0 Å². The summed E-state index contributed by atoms with van der Waals surface area (Å²) in [4.78, 5) is 8.64. The molecule has 19 heavy (non-hydrogen) atoms. The number of nitrogens with two attached hydrogens (primary N) is 1. The normalized spacial score (nSPS) is 23.8. The minimum Gasteiger partial charge on any atom is -0.391 e. The number of aryl methyl sites for hydroxylation is 1. The molecule has 0 bridgehead atoms. The molecule has 2 atom stereocenters. The molecule has 5 N–H and O–H groups in total. The zero-order valence-electron chi connectivity index (χ0n) is 11.6. The first-order chi connectivity index (χ1) is 9.11. The second kappa shape index (κ2) is 6.16. The lowest BCUT2D eigenvalue weighted by atomic mass is 10.1. The highest BCUT2D eigenvalue weighted by molar-refractivity contribution is 5.57. The fourth-order valence-corrected chi connectivity index (χ4v) is 2.54. The predicted molar refractivity (Wildman–Crippen MR) is 75.8 cm³/mol. The molecular formula is C13H23N5O. The number of hydrogen-bond donors (Lipinski definition) is 4. The highest BCUT2D eigenvalue weighted by Gasteiger charge is 2.23. The van der Waals surface area contributed by atoms with Crippen LogP contribution in [0.15, 0.2) is 0 Å². The van der Waals surface area contributed by atoms with E-state index in [1.54, 1.807) is 0 Å². The third-order valence-corrected chi connectivity index (χ3v) is 3.70. The van der Waals surface area contributed by atoms with E-state index in [2.05, 4.69) is 20.7 Å². The number of nitrogens with one attached hydrogen (secondary N) is 2. The molecule has 1 aliphatic carbocycles. The van der Waals surface area contributed by atoms with Gasteiger partial charge in [-0.3, -0.25) is 0 Å². The van der Waals surface area contributed by atoms with E-state index in [9.17, 15) is 5.11 Å². The van der Waals surface area contributed by atoms with Gasteiger partial charge in [-0.15, -0.1) is 0 Å². The molecule has 1 aromatic heterocycles. The number of aliphatic hydroxyl groups excluding tert-OH is 1. The largest absolute Gasteiger partial charge is 0.391 e. The van der Waals surface area contributed by atoms with Crippen LogP contribution in [0.1, 0.15) is 43.5 Å². The number of hydrogen-bond acceptors (Lipinski definition) is 6. The Morgan fingerprint density at radius 1 is 1.11 bits per heavy atom. The van der Waals surface area contributed by atoms with Gasteiger partial charge in [0.2, 0.25) is 0 Å². The van der Waals surface area contributed by atoms with Crippen LogP contribution in [-0.4, -0.2) is 27.2 Å². The van der Waals surface area contributed by atoms with Gasteiger partial charge in [0.15, 0.2) is 0 Å². The molecule has 6 heteroatoms. The van der Waals surface area contributed by atoms with Gasteiger partial charge in [0.1, 0.15) is 17.5 Å². The molecule has 0 saturated heterocycles. The smallest absolute Gasteiger partial charge is 0.148 e. The molecule has 1 aliphatic rings. The summed E-state index contributed by atoms with van der Waals surface area (Å²) in [5.74, 6) is 7.49. The maximum atomic E-state index is 10.2. The van der Waals surface area contributed by atoms with Gasteiger partial charge in [-0.25, -0.2) is 15.8 Å². The molecule has 2 rings (SSSR count). The van der Waals surface area contributed by atoms with Crippen LogP contribution >= 0.6 is 0 Å². The van der Waals surface area contributed by atoms with Crippen molar-refractivity contribution >= 4 is 11.6 Å². The number of nitrogens with zero attached hydrogens (tertiary/aromatic N) is 2. The number of aromatic nitrogens is 2. The molecule has 0 aliphatic heterocycles. The summed E-state index contributed by atoms with van der Waals surface area (Å²) in [6.07, 6.45) is 4.92. The second-order valence-electron chi connectivity index (χ2n) is 5.19. The van der Waals surface area contributed by atoms with Crippen LogP contribution in [0.5, 0.6) is 0 Å². The average Bonchev–Trinajstić information content (AvgIpc) is 2.59. The Morgan fingerprint density at radius 2 is 1.79 bits per heavy atom. The van der Waals surface area contributed by atoms with Crippen molar-refractivity contribution in [1.82, 2.24) is 9.97 Å². The lowest BCUT2D eigenvalue weighted by molar-refractivity contribution is 0.144. The van der Waals surface area contributed by atoms with Crippen molar-refractivity contribution in [2.45, 2.75) is 58.1 Å². The van der Waals surface area contributed by atoms with E-state index in [4.69, 9.17) is 5.84 Å². The molecule has 106 valence electrons. The number of rotatable bonds is 3. The topological polar surface area (TPSA) is 96.1 Å². The maximum Gasteiger partial charge on any atom is 0.148 e. The third kappa shape index (κ3) is 3.33. The first kappa shape index (κ1) is 14.0. The average molecular weight is 265 g/mol. The molecule has 0 radical (unpaired) electrons. The Bertz CT molecular complexity index is 437. The fraction of sp³-hybridized carbons (Fsp3) is 0.692. The zero-order valence-corrected chi connectivity index (χ0v) is 11.6. The third-order valence-electron chi connectivity index (χ3n) is 3.70. The maximum absolute atomic E-state index is 10.2. The Balaban J connectivity index is 2.19. The van der Waals surface area contributed by atoms with Gasteiger partial charge in [0, 0.05) is 5.56 Å². The summed E-state index contributed by atoms with van der Waals surface area (Å²) in [6.45, 7) is 3.75. The van der Waals surface area contributed by atoms with Crippen molar-refractivity contribution in [2.75, 3.05) is 10.7 Å². The van der Waals surface area contributed by atoms with Crippen molar-refractivity contribution in [2.24, 2.45) is 5.84 Å². The van der Waals surface area contributed by atoms with Crippen LogP contribution < -0.4 is 16.6 Å². The second-order valence-corrected chi connectivity index (χ2v) is 5.19. The van der Waals surface area contributed by atoms with Crippen molar-refractivity contribution in [3.05, 3.63) is 11.4 Å². The Morgan fingerprint density at radius 3 is 2.53 bits per heavy atom. The van der Waals surface area contributed by atoms with Gasteiger partial charge in [0.25, 0.3) is 0 Å². The molecule has 0 spiro atoms. The molecular weight excluding hydrogens is 242 g/mol. The monoisotopic (exact) mass is 265 g/mol. The Kier molecular flexibility index (Phi) is 4.55. The number of nitrogen functional groups attached to an aromatic ring is 1. The van der Waals surface area contributed by atoms with Crippen LogP contribution in [0.2, 0.25) is 0 Å². The summed E-state index contributed by atoms with van der Waals surface area (Å²) in [5.41, 5.74) is 3.46. The molecule has 6 nitrogen and oxygen atoms in total. The van der Waals surface area contributed by atoms with Gasteiger partial charge < -0.3 is 15.8 Å². The summed E-state index contributed by atoms with van der Waals surface area (Å²) in [6, 6.07) is 0.0566. The van der Waals surface area contributed by atoms with Gasteiger partial charge in [-0.1, -0.05) is 19.3 Å². The lowest BCUT2D eigenvalue weighted by Gasteiger charge is -2.23. The van der Waals surface area contributed by atoms with E-state index in [1.807, 2.05) is 13.8 Å². The van der Waals surface area contributed by atoms with Crippen LogP contribution in [0.3, 0.4) is 0 Å². The van der Waals surface area contributed by atoms with Crippen molar-refractivity contribution in [1.29, 1.82) is 0 Å². The quantitative estimate of drug-likeness (QED) is 0.375. The Labute approximate surface area is 113 Å². The van der Waals surface area contributed by atoms with E-state index >= 15 is 0 Å². The number of anilines is 2. The van der Waals surface area contributed by atoms with Gasteiger partial charge >= 0.3 is 0 Å². The summed E-state index contributed by atoms with van der Waals surface area (Å²) in [5, 5.41) is 13.5. The van der Waals surface area contributed by atoms with E-state index < -0.39 is 0 Å². The first-order valence-corrected chi connectivity index (χ1v) is 6.88. The van der Waals surface area contributed by atoms with Crippen molar-refractivity contribution in [3.63, 3.8) is 0 Å². The molecule has 1 heterocycles. The number of hydrazine groups is 1. The summed E-state index contributed by atoms with van der Waals surface area (Å²) < 4.78 is 0. The van der Waals surface area contributed by atoms with E-state index in [1.165, 1.54) is 6.42 Å². The van der Waals surface area contributed by atoms with E-state index in [-0.39, 0.29) is 12.1 Å². The van der Waals surface area contributed by atoms with Crippen molar-refractivity contribution < 1.29 is 5.11 Å². The summed E-state index contributed by atoms with van der Waals surface area (Å²) in [7, 11) is 0. The Hall–Kier alpha value is -1.40. The lowest BCUT2D eigenvalue weighted by Crippen LogP contribution is -2.33. The van der Waals surface area contributed by atoms with Crippen LogP contribution in [0.25, 0.3) is 0 Å². The highest BCUT2D eigenvalue weighted by Crippen LogP contribution is 2.24. The molecule has 1 fully saturated rings. The molecule has 2 unspecified atom stereocenters. The van der Waals surface area contributed by atoms with Gasteiger partial charge in [0.05, 0.1) is 12.1 Å². The minimum atomic E-state index is -0.313. The van der Waals surface area contributed by atoms with Gasteiger partial charge in [-0.2, -0.15) is 0 Å². The molecule has 0 aromatic carbocycles. The molecule has 1 aromatic rings. The SMILES string of the molecule is Cc1nc(NN)c(C)c(NC2CCCCCC2O)n1. The zero-order chi connectivity index (χ0) is 13.8. The predicted octanol–water partition coefficient (Wildman–Crippen LogP) is 1.48. The minimum absolute atomic E-state index is 0.0566. The molecule has 1 saturated carbocycles. The molecule has 0 amide bonds. The van der Waals surface area contributed by atoms with E-state index in [0.29, 0.717) is 11.6 Å². The summed E-state index contributed by atoms with van der Waals surface area (Å²) >= 11 is 0. The number of aliphatic hydroxyl groups is 1. The van der Waals surface area contributed by atoms with Crippen LogP contribution in [0.4, 0.5) is 11.6 Å². The van der Waals surface area contributed by atoms with Gasteiger partial charge in [-0.05, 0) is 26.7 Å². The first-order valence-electron chi connectivity index (χ1n) is 6.88. The fourth-order valence-electron chi connectivity index (χ4n) is 2.54.